The molecular formula is C27H44N4O5S. The van der Waals surface area contributed by atoms with Crippen molar-refractivity contribution in [3.05, 3.63) is 28.2 Å². The fraction of sp³-hybridized carbons (Fsp3) is 0.704. The van der Waals surface area contributed by atoms with E-state index in [9.17, 15) is 14.5 Å². The maximum Gasteiger partial charge on any atom is 0.311 e. The van der Waals surface area contributed by atoms with E-state index in [1.165, 1.54) is 0 Å². The van der Waals surface area contributed by atoms with Crippen LogP contribution >= 0.6 is 11.9 Å². The van der Waals surface area contributed by atoms with Gasteiger partial charge in [-0.05, 0) is 64.9 Å². The van der Waals surface area contributed by atoms with Gasteiger partial charge in [0.05, 0.1) is 0 Å². The Morgan fingerprint density at radius 3 is 2.38 bits per heavy atom. The Morgan fingerprint density at radius 2 is 1.78 bits per heavy atom. The lowest BCUT2D eigenvalue weighted by molar-refractivity contribution is -0.135. The van der Waals surface area contributed by atoms with Crippen molar-refractivity contribution in [1.82, 2.24) is 14.7 Å². The lowest BCUT2D eigenvalue weighted by atomic mass is 9.99. The number of hydrogen-bond donors (Lipinski definition) is 0. The first kappa shape index (κ1) is 31.1. The van der Waals surface area contributed by atoms with Crippen molar-refractivity contribution in [1.29, 1.82) is 0 Å². The predicted octanol–water partition coefficient (Wildman–Crippen LogP) is 4.47. The third kappa shape index (κ3) is 10.6. The molecule has 1 aromatic rings. The quantitative estimate of drug-likeness (QED) is 0.149. The molecule has 0 spiro atoms. The van der Waals surface area contributed by atoms with E-state index in [0.29, 0.717) is 38.3 Å². The number of piperazine rings is 1. The SMILES string of the molecule is Cc1cc(OCCN(C)C)c(C(C)C)cc1OC(=O)CCCC(=O)N1CCN(CC(C)(C)SN=O)CC1. The van der Waals surface area contributed by atoms with Gasteiger partial charge in [-0.25, -0.2) is 0 Å². The van der Waals surface area contributed by atoms with Gasteiger partial charge < -0.3 is 19.3 Å². The van der Waals surface area contributed by atoms with Gasteiger partial charge in [-0.2, -0.15) is 0 Å². The summed E-state index contributed by atoms with van der Waals surface area (Å²) in [5.41, 5.74) is 1.85. The van der Waals surface area contributed by atoms with Gasteiger partial charge in [-0.3, -0.25) is 14.5 Å². The maximum absolute atomic E-state index is 12.6. The number of esters is 1. The summed E-state index contributed by atoms with van der Waals surface area (Å²) < 4.78 is 14.4. The van der Waals surface area contributed by atoms with Crippen LogP contribution in [0.5, 0.6) is 11.5 Å². The zero-order chi connectivity index (χ0) is 27.6. The molecule has 208 valence electrons. The number of nitroso groups, excluding NO2 is 1. The second-order valence-corrected chi connectivity index (χ2v) is 12.3. The number of aryl methyl sites for hydroxylation is 1. The molecule has 1 amide bonds. The van der Waals surface area contributed by atoms with Gasteiger partial charge in [-0.1, -0.05) is 13.8 Å². The Balaban J connectivity index is 1.81. The van der Waals surface area contributed by atoms with Crippen molar-refractivity contribution in [2.45, 2.75) is 64.5 Å². The molecule has 0 unspecified atom stereocenters. The third-order valence-corrected chi connectivity index (χ3v) is 7.03. The minimum atomic E-state index is -0.333. The number of carbonyl (C=O) groups excluding carboxylic acids is 2. The summed E-state index contributed by atoms with van der Waals surface area (Å²) in [6.45, 7) is 15.1. The van der Waals surface area contributed by atoms with Crippen LogP contribution in [0.25, 0.3) is 0 Å². The first-order valence-corrected chi connectivity index (χ1v) is 13.8. The van der Waals surface area contributed by atoms with Crippen molar-refractivity contribution in [3.8, 4) is 11.5 Å². The van der Waals surface area contributed by atoms with Gasteiger partial charge in [0, 0.05) is 79.0 Å². The van der Waals surface area contributed by atoms with Gasteiger partial charge in [0.1, 0.15) is 18.1 Å². The van der Waals surface area contributed by atoms with Crippen molar-refractivity contribution >= 4 is 23.8 Å². The Bertz CT molecular complexity index is 914. The first-order valence-electron chi connectivity index (χ1n) is 13.1. The molecule has 1 fully saturated rings. The summed E-state index contributed by atoms with van der Waals surface area (Å²) in [4.78, 5) is 42.0. The number of rotatable bonds is 14. The lowest BCUT2D eigenvalue weighted by Crippen LogP contribution is -2.51. The molecule has 1 aliphatic rings. The van der Waals surface area contributed by atoms with E-state index >= 15 is 0 Å². The highest BCUT2D eigenvalue weighted by Gasteiger charge is 2.27. The molecule has 37 heavy (non-hydrogen) atoms. The van der Waals surface area contributed by atoms with E-state index in [2.05, 4.69) is 28.2 Å². The minimum absolute atomic E-state index is 0.0631. The third-order valence-electron chi connectivity index (χ3n) is 6.33. The average molecular weight is 537 g/mol. The molecule has 0 radical (unpaired) electrons. The highest BCUT2D eigenvalue weighted by molar-refractivity contribution is 7.99. The lowest BCUT2D eigenvalue weighted by Gasteiger charge is -2.37. The molecule has 0 saturated carbocycles. The second kappa shape index (κ2) is 14.7. The molecule has 0 aliphatic carbocycles. The van der Waals surface area contributed by atoms with Crippen LogP contribution < -0.4 is 9.47 Å². The molecule has 2 rings (SSSR count). The normalized spacial score (nSPS) is 14.8. The molecule has 0 N–H and O–H groups in total. The molecule has 1 aromatic carbocycles. The van der Waals surface area contributed by atoms with E-state index in [0.717, 1.165) is 55.0 Å². The van der Waals surface area contributed by atoms with Crippen LogP contribution in [0.4, 0.5) is 0 Å². The fourth-order valence-corrected chi connectivity index (χ4v) is 4.68. The van der Waals surface area contributed by atoms with Crippen LogP contribution in [0.2, 0.25) is 0 Å². The van der Waals surface area contributed by atoms with Gasteiger partial charge in [0.25, 0.3) is 0 Å². The molecule has 1 aliphatic heterocycles. The van der Waals surface area contributed by atoms with E-state index in [4.69, 9.17) is 9.47 Å². The number of hydrogen-bond acceptors (Lipinski definition) is 9. The number of likely N-dealkylation sites (N-methyl/N-ethyl adjacent to an activating group) is 1. The van der Waals surface area contributed by atoms with Crippen molar-refractivity contribution < 1.29 is 19.1 Å². The largest absolute Gasteiger partial charge is 0.492 e. The molecular weight excluding hydrogens is 492 g/mol. The van der Waals surface area contributed by atoms with Crippen LogP contribution in [0, 0.1) is 11.8 Å². The van der Waals surface area contributed by atoms with Gasteiger partial charge >= 0.3 is 5.97 Å². The Hall–Kier alpha value is -2.17. The zero-order valence-electron chi connectivity index (χ0n) is 23.5. The smallest absolute Gasteiger partial charge is 0.311 e. The van der Waals surface area contributed by atoms with Crippen LogP contribution in [-0.4, -0.2) is 91.3 Å². The maximum atomic E-state index is 12.6. The number of ether oxygens (including phenoxy) is 2. The summed E-state index contributed by atoms with van der Waals surface area (Å²) in [6, 6.07) is 3.84. The average Bonchev–Trinajstić information content (AvgIpc) is 2.80. The summed E-state index contributed by atoms with van der Waals surface area (Å²) >= 11 is 1.05. The molecule has 10 heteroatoms. The first-order chi connectivity index (χ1) is 17.4. The van der Waals surface area contributed by atoms with Crippen LogP contribution in [0.3, 0.4) is 0 Å². The Labute approximate surface area is 226 Å². The van der Waals surface area contributed by atoms with Crippen LogP contribution in [-0.2, 0) is 9.59 Å². The topological polar surface area (TPSA) is 91.8 Å². The molecule has 1 saturated heterocycles. The van der Waals surface area contributed by atoms with Crippen LogP contribution in [0.1, 0.15) is 64.0 Å². The van der Waals surface area contributed by atoms with Crippen LogP contribution in [0.15, 0.2) is 16.7 Å². The monoisotopic (exact) mass is 536 g/mol. The number of amides is 1. The van der Waals surface area contributed by atoms with E-state index in [1.807, 2.05) is 51.9 Å². The fourth-order valence-electron chi connectivity index (χ4n) is 4.24. The summed E-state index contributed by atoms with van der Waals surface area (Å²) in [6.07, 6.45) is 0.960. The molecule has 0 aromatic heterocycles. The van der Waals surface area contributed by atoms with E-state index < -0.39 is 0 Å². The number of carbonyl (C=O) groups is 2. The van der Waals surface area contributed by atoms with E-state index in [-0.39, 0.29) is 29.0 Å². The molecule has 0 bridgehead atoms. The predicted molar refractivity (Wildman–Crippen MR) is 149 cm³/mol. The highest BCUT2D eigenvalue weighted by Crippen LogP contribution is 2.34. The summed E-state index contributed by atoms with van der Waals surface area (Å²) in [7, 11) is 4.01. The number of nitrogens with zero attached hydrogens (tertiary/aromatic N) is 4. The number of benzene rings is 1. The summed E-state index contributed by atoms with van der Waals surface area (Å²) in [5.74, 6) is 1.31. The Kier molecular flexibility index (Phi) is 12.3. The van der Waals surface area contributed by atoms with Gasteiger partial charge in [0.15, 0.2) is 0 Å². The zero-order valence-corrected chi connectivity index (χ0v) is 24.4. The Morgan fingerprint density at radius 1 is 1.11 bits per heavy atom. The van der Waals surface area contributed by atoms with Gasteiger partial charge in [-0.15, -0.1) is 4.91 Å². The molecule has 1 heterocycles. The van der Waals surface area contributed by atoms with Crippen molar-refractivity contribution in [2.75, 3.05) is 60.0 Å². The summed E-state index contributed by atoms with van der Waals surface area (Å²) in [5, 5.41) is 0. The minimum Gasteiger partial charge on any atom is -0.492 e. The van der Waals surface area contributed by atoms with Gasteiger partial charge in [0.2, 0.25) is 5.91 Å². The molecule has 9 nitrogen and oxygen atoms in total. The van der Waals surface area contributed by atoms with Crippen molar-refractivity contribution in [2.24, 2.45) is 4.58 Å². The van der Waals surface area contributed by atoms with E-state index in [1.54, 1.807) is 0 Å². The standard InChI is InChI=1S/C27H44N4O5S/c1-20(2)22-18-23(21(3)17-24(22)35-16-15-29(6)7)36-26(33)10-8-9-25(32)31-13-11-30(12-14-31)19-27(4,5)37-28-34/h17-18,20H,8-16,19H2,1-7H3. The highest BCUT2D eigenvalue weighted by atomic mass is 32.2. The molecule has 0 atom stereocenters. The van der Waals surface area contributed by atoms with Crippen molar-refractivity contribution in [3.63, 3.8) is 0 Å². The second-order valence-electron chi connectivity index (χ2n) is 10.9.